The molecule has 0 fully saturated rings. The van der Waals surface area contributed by atoms with Crippen LogP contribution in [0.5, 0.6) is 0 Å². The maximum absolute atomic E-state index is 4.79. The monoisotopic (exact) mass is 324 g/mol. The third-order valence-electron chi connectivity index (χ3n) is 4.56. The van der Waals surface area contributed by atoms with Crippen molar-refractivity contribution >= 4 is 11.8 Å². The molecule has 128 valence electrons. The van der Waals surface area contributed by atoms with Gasteiger partial charge in [0.25, 0.3) is 0 Å². The summed E-state index contributed by atoms with van der Waals surface area (Å²) in [5.74, 6) is 1.75. The van der Waals surface area contributed by atoms with E-state index in [9.17, 15) is 0 Å². The van der Waals surface area contributed by atoms with Gasteiger partial charge < -0.3 is 10.2 Å². The Morgan fingerprint density at radius 1 is 1.21 bits per heavy atom. The summed E-state index contributed by atoms with van der Waals surface area (Å²) < 4.78 is 0. The summed E-state index contributed by atoms with van der Waals surface area (Å²) in [6, 6.07) is 11.2. The molecule has 0 aliphatic carbocycles. The number of hydrogen-bond donors (Lipinski definition) is 1. The summed E-state index contributed by atoms with van der Waals surface area (Å²) in [4.78, 5) is 11.8. The van der Waals surface area contributed by atoms with Gasteiger partial charge in [-0.2, -0.15) is 4.98 Å². The van der Waals surface area contributed by atoms with E-state index in [1.165, 1.54) is 11.1 Å². The Morgan fingerprint density at radius 2 is 1.96 bits per heavy atom. The zero-order valence-corrected chi connectivity index (χ0v) is 15.4. The van der Waals surface area contributed by atoms with E-state index in [1.54, 1.807) is 0 Å². The Hall–Kier alpha value is -2.10. The predicted molar refractivity (Wildman–Crippen MR) is 101 cm³/mol. The topological polar surface area (TPSA) is 41.1 Å². The number of aryl methyl sites for hydroxylation is 1. The minimum atomic E-state index is 0.109. The first-order valence-corrected chi connectivity index (χ1v) is 8.87. The molecule has 4 nitrogen and oxygen atoms in total. The molecule has 0 spiro atoms. The summed E-state index contributed by atoms with van der Waals surface area (Å²) in [5, 5.41) is 3.35. The molecule has 0 amide bonds. The molecule has 0 bridgehead atoms. The van der Waals surface area contributed by atoms with Gasteiger partial charge in [0.1, 0.15) is 5.82 Å². The van der Waals surface area contributed by atoms with Crippen LogP contribution in [0.3, 0.4) is 0 Å². The van der Waals surface area contributed by atoms with Gasteiger partial charge in [0, 0.05) is 36.3 Å². The van der Waals surface area contributed by atoms with E-state index >= 15 is 0 Å². The highest BCUT2D eigenvalue weighted by atomic mass is 15.2. The SMILES string of the molecule is CCc1cc(N2Cc3ccccc3C(C)(C)C2)nc(NC(C)C)n1. The number of aromatic nitrogens is 2. The average molecular weight is 324 g/mol. The summed E-state index contributed by atoms with van der Waals surface area (Å²) >= 11 is 0. The molecular weight excluding hydrogens is 296 g/mol. The van der Waals surface area contributed by atoms with Gasteiger partial charge in [-0.3, -0.25) is 0 Å². The first kappa shape index (κ1) is 16.7. The van der Waals surface area contributed by atoms with Crippen LogP contribution < -0.4 is 10.2 Å². The predicted octanol–water partition coefficient (Wildman–Crippen LogP) is 4.16. The second-order valence-corrected chi connectivity index (χ2v) is 7.59. The van der Waals surface area contributed by atoms with Gasteiger partial charge in [-0.15, -0.1) is 0 Å². The maximum atomic E-state index is 4.79. The van der Waals surface area contributed by atoms with E-state index in [4.69, 9.17) is 4.98 Å². The van der Waals surface area contributed by atoms with Crippen molar-refractivity contribution in [3.8, 4) is 0 Å². The van der Waals surface area contributed by atoms with Gasteiger partial charge in [-0.05, 0) is 31.4 Å². The summed E-state index contributed by atoms with van der Waals surface area (Å²) in [5.41, 5.74) is 4.03. The normalized spacial score (nSPS) is 16.2. The minimum Gasteiger partial charge on any atom is -0.352 e. The van der Waals surface area contributed by atoms with Gasteiger partial charge in [-0.25, -0.2) is 4.98 Å². The van der Waals surface area contributed by atoms with E-state index in [0.717, 1.165) is 37.0 Å². The van der Waals surface area contributed by atoms with Crippen LogP contribution in [0.2, 0.25) is 0 Å². The van der Waals surface area contributed by atoms with E-state index in [-0.39, 0.29) is 5.41 Å². The summed E-state index contributed by atoms with van der Waals surface area (Å²) in [6.07, 6.45) is 0.913. The largest absolute Gasteiger partial charge is 0.352 e. The van der Waals surface area contributed by atoms with Gasteiger partial charge in [0.05, 0.1) is 0 Å². The Bertz CT molecular complexity index is 721. The molecule has 1 N–H and O–H groups in total. The van der Waals surface area contributed by atoms with E-state index in [2.05, 4.69) is 80.2 Å². The molecule has 4 heteroatoms. The van der Waals surface area contributed by atoms with Crippen LogP contribution in [0.4, 0.5) is 11.8 Å². The molecule has 2 heterocycles. The highest BCUT2D eigenvalue weighted by Crippen LogP contribution is 2.35. The van der Waals surface area contributed by atoms with Crippen molar-refractivity contribution < 1.29 is 0 Å². The maximum Gasteiger partial charge on any atom is 0.225 e. The number of anilines is 2. The molecular formula is C20H28N4. The van der Waals surface area contributed by atoms with E-state index < -0.39 is 0 Å². The first-order valence-electron chi connectivity index (χ1n) is 8.87. The lowest BCUT2D eigenvalue weighted by atomic mass is 9.78. The molecule has 0 radical (unpaired) electrons. The molecule has 24 heavy (non-hydrogen) atoms. The Morgan fingerprint density at radius 3 is 2.67 bits per heavy atom. The van der Waals surface area contributed by atoms with Crippen molar-refractivity contribution in [3.63, 3.8) is 0 Å². The van der Waals surface area contributed by atoms with Crippen molar-refractivity contribution in [1.29, 1.82) is 0 Å². The van der Waals surface area contributed by atoms with Crippen molar-refractivity contribution in [1.82, 2.24) is 9.97 Å². The van der Waals surface area contributed by atoms with Crippen LogP contribution in [0.15, 0.2) is 30.3 Å². The smallest absolute Gasteiger partial charge is 0.225 e. The van der Waals surface area contributed by atoms with Crippen molar-refractivity contribution in [2.45, 2.75) is 59.0 Å². The lowest BCUT2D eigenvalue weighted by molar-refractivity contribution is 0.474. The van der Waals surface area contributed by atoms with Gasteiger partial charge in [0.15, 0.2) is 0 Å². The lowest BCUT2D eigenvalue weighted by Gasteiger charge is -2.40. The Kier molecular flexibility index (Phi) is 4.48. The van der Waals surface area contributed by atoms with Gasteiger partial charge >= 0.3 is 0 Å². The van der Waals surface area contributed by atoms with Crippen molar-refractivity contribution in [2.75, 3.05) is 16.8 Å². The van der Waals surface area contributed by atoms with Crippen molar-refractivity contribution in [3.05, 3.63) is 47.2 Å². The highest BCUT2D eigenvalue weighted by Gasteiger charge is 2.32. The molecule has 2 aromatic rings. The molecule has 0 saturated carbocycles. The molecule has 1 aromatic heterocycles. The van der Waals surface area contributed by atoms with Gasteiger partial charge in [-0.1, -0.05) is 45.0 Å². The molecule has 0 saturated heterocycles. The molecule has 3 rings (SSSR count). The number of hydrogen-bond acceptors (Lipinski definition) is 4. The van der Waals surface area contributed by atoms with Crippen LogP contribution >= 0.6 is 0 Å². The molecule has 0 unspecified atom stereocenters. The fourth-order valence-corrected chi connectivity index (χ4v) is 3.45. The average Bonchev–Trinajstić information content (AvgIpc) is 2.53. The second kappa shape index (κ2) is 6.42. The zero-order valence-electron chi connectivity index (χ0n) is 15.4. The van der Waals surface area contributed by atoms with E-state index in [0.29, 0.717) is 6.04 Å². The van der Waals surface area contributed by atoms with Crippen LogP contribution in [0.25, 0.3) is 0 Å². The molecule has 1 aromatic carbocycles. The fourth-order valence-electron chi connectivity index (χ4n) is 3.45. The second-order valence-electron chi connectivity index (χ2n) is 7.59. The third kappa shape index (κ3) is 3.37. The van der Waals surface area contributed by atoms with Crippen LogP contribution in [-0.4, -0.2) is 22.6 Å². The Balaban J connectivity index is 1.97. The lowest BCUT2D eigenvalue weighted by Crippen LogP contribution is -2.42. The highest BCUT2D eigenvalue weighted by molar-refractivity contribution is 5.50. The third-order valence-corrected chi connectivity index (χ3v) is 4.56. The number of benzene rings is 1. The molecule has 1 aliphatic heterocycles. The Labute approximate surface area is 145 Å². The minimum absolute atomic E-state index is 0.109. The summed E-state index contributed by atoms with van der Waals surface area (Å²) in [6.45, 7) is 12.9. The number of nitrogens with zero attached hydrogens (tertiary/aromatic N) is 3. The number of rotatable bonds is 4. The van der Waals surface area contributed by atoms with Gasteiger partial charge in [0.2, 0.25) is 5.95 Å². The zero-order chi connectivity index (χ0) is 17.3. The van der Waals surface area contributed by atoms with E-state index in [1.807, 2.05) is 0 Å². The first-order chi connectivity index (χ1) is 11.4. The molecule has 0 atom stereocenters. The van der Waals surface area contributed by atoms with Crippen LogP contribution in [0, 0.1) is 0 Å². The van der Waals surface area contributed by atoms with Crippen LogP contribution in [0.1, 0.15) is 51.4 Å². The standard InChI is InChI=1S/C20H28N4/c1-6-16-11-18(23-19(22-16)21-14(2)3)24-12-15-9-7-8-10-17(15)20(4,5)13-24/h7-11,14H,6,12-13H2,1-5H3,(H,21,22,23). The number of fused-ring (bicyclic) bond motifs is 1. The van der Waals surface area contributed by atoms with Crippen LogP contribution in [-0.2, 0) is 18.4 Å². The fraction of sp³-hybridized carbons (Fsp3) is 0.500. The summed E-state index contributed by atoms with van der Waals surface area (Å²) in [7, 11) is 0. The number of nitrogens with one attached hydrogen (secondary N) is 1. The quantitative estimate of drug-likeness (QED) is 0.917. The van der Waals surface area contributed by atoms with Crippen molar-refractivity contribution in [2.24, 2.45) is 0 Å². The molecule has 1 aliphatic rings.